The molecule has 3 heterocycles. The van der Waals surface area contributed by atoms with Crippen molar-refractivity contribution in [3.05, 3.63) is 97.8 Å². The summed E-state index contributed by atoms with van der Waals surface area (Å²) in [7, 11) is 0. The van der Waals surface area contributed by atoms with Gasteiger partial charge in [0.15, 0.2) is 5.65 Å². The maximum Gasteiger partial charge on any atom is 0.416 e. The smallest absolute Gasteiger partial charge is 0.273 e. The van der Waals surface area contributed by atoms with E-state index in [4.69, 9.17) is 11.6 Å². The van der Waals surface area contributed by atoms with E-state index >= 15 is 0 Å². The van der Waals surface area contributed by atoms with Gasteiger partial charge in [-0.2, -0.15) is 18.3 Å². The SMILES string of the molecule is O=c1c2cnn3c2n(c(=O)n1-c1ccc(Cl)cc1)CC=C3c1cccc(C(F)(F)F)c1. The Hall–Kier alpha value is -3.59. The molecule has 1 aliphatic heterocycles. The van der Waals surface area contributed by atoms with Crippen molar-refractivity contribution < 1.29 is 13.2 Å². The normalized spacial score (nSPS) is 13.5. The van der Waals surface area contributed by atoms with Gasteiger partial charge in [-0.25, -0.2) is 14.0 Å². The average Bonchev–Trinajstić information content (AvgIpc) is 3.19. The van der Waals surface area contributed by atoms with E-state index in [1.165, 1.54) is 27.6 Å². The van der Waals surface area contributed by atoms with Crippen molar-refractivity contribution >= 4 is 28.3 Å². The minimum absolute atomic E-state index is 0.0699. The van der Waals surface area contributed by atoms with Crippen molar-refractivity contribution in [1.29, 1.82) is 0 Å². The first-order valence-corrected chi connectivity index (χ1v) is 9.51. The highest BCUT2D eigenvalue weighted by atomic mass is 35.5. The molecule has 2 aromatic heterocycles. The summed E-state index contributed by atoms with van der Waals surface area (Å²) in [6.07, 6.45) is -1.58. The average molecular weight is 445 g/mol. The number of alkyl halides is 3. The maximum atomic E-state index is 13.1. The molecule has 0 spiro atoms. The minimum atomic E-state index is -4.49. The third-order valence-corrected chi connectivity index (χ3v) is 5.37. The molecule has 0 N–H and O–H groups in total. The van der Waals surface area contributed by atoms with E-state index in [0.29, 0.717) is 16.4 Å². The summed E-state index contributed by atoms with van der Waals surface area (Å²) in [6.45, 7) is 0.0699. The highest BCUT2D eigenvalue weighted by molar-refractivity contribution is 6.30. The molecule has 0 radical (unpaired) electrons. The molecule has 31 heavy (non-hydrogen) atoms. The summed E-state index contributed by atoms with van der Waals surface area (Å²) >= 11 is 5.90. The highest BCUT2D eigenvalue weighted by Crippen LogP contribution is 2.32. The van der Waals surface area contributed by atoms with Crippen LogP contribution in [-0.4, -0.2) is 18.9 Å². The van der Waals surface area contributed by atoms with E-state index in [9.17, 15) is 22.8 Å². The first-order valence-electron chi connectivity index (χ1n) is 9.13. The van der Waals surface area contributed by atoms with Gasteiger partial charge in [-0.3, -0.25) is 9.36 Å². The Morgan fingerprint density at radius 2 is 1.77 bits per heavy atom. The van der Waals surface area contributed by atoms with E-state index in [1.54, 1.807) is 30.3 Å². The molecular formula is C21H12ClF3N4O2. The van der Waals surface area contributed by atoms with Crippen molar-refractivity contribution in [3.8, 4) is 5.69 Å². The largest absolute Gasteiger partial charge is 0.416 e. The van der Waals surface area contributed by atoms with Gasteiger partial charge in [0, 0.05) is 17.1 Å². The molecule has 0 unspecified atom stereocenters. The van der Waals surface area contributed by atoms with E-state index < -0.39 is 23.0 Å². The molecule has 1 aliphatic rings. The molecule has 5 rings (SSSR count). The summed E-state index contributed by atoms with van der Waals surface area (Å²) in [5.74, 6) is 0. The summed E-state index contributed by atoms with van der Waals surface area (Å²) in [5.41, 5.74) is -0.725. The number of nitrogens with zero attached hydrogens (tertiary/aromatic N) is 4. The molecule has 6 nitrogen and oxygen atoms in total. The van der Waals surface area contributed by atoms with Gasteiger partial charge in [0.25, 0.3) is 5.56 Å². The molecule has 0 amide bonds. The molecule has 0 atom stereocenters. The first kappa shape index (κ1) is 19.4. The summed E-state index contributed by atoms with van der Waals surface area (Å²) < 4.78 is 43.1. The first-order chi connectivity index (χ1) is 14.8. The zero-order valence-corrected chi connectivity index (χ0v) is 16.4. The van der Waals surface area contributed by atoms with Gasteiger partial charge in [-0.05, 0) is 42.5 Å². The van der Waals surface area contributed by atoms with Gasteiger partial charge < -0.3 is 0 Å². The molecule has 2 aromatic carbocycles. The van der Waals surface area contributed by atoms with Crippen LogP contribution in [0.4, 0.5) is 13.2 Å². The lowest BCUT2D eigenvalue weighted by Crippen LogP contribution is -2.40. The topological polar surface area (TPSA) is 61.8 Å². The molecule has 156 valence electrons. The number of benzene rings is 2. The van der Waals surface area contributed by atoms with Crippen LogP contribution in [0.5, 0.6) is 0 Å². The quantitative estimate of drug-likeness (QED) is 0.471. The number of rotatable bonds is 2. The fourth-order valence-corrected chi connectivity index (χ4v) is 3.82. The van der Waals surface area contributed by atoms with Crippen LogP contribution in [0, 0.1) is 0 Å². The predicted molar refractivity (Wildman–Crippen MR) is 109 cm³/mol. The van der Waals surface area contributed by atoms with Crippen LogP contribution >= 0.6 is 11.6 Å². The van der Waals surface area contributed by atoms with Crippen LogP contribution in [0.25, 0.3) is 22.4 Å². The second kappa shape index (κ2) is 6.71. The molecule has 0 saturated heterocycles. The standard InChI is InChI=1S/C21H12ClF3N4O2/c22-14-4-6-15(7-5-14)28-19(30)16-11-26-29-17(8-9-27(18(16)29)20(28)31)12-2-1-3-13(10-12)21(23,24)25/h1-8,10-11H,9H2. The maximum absolute atomic E-state index is 13.1. The number of halogens is 4. The van der Waals surface area contributed by atoms with Gasteiger partial charge in [-0.15, -0.1) is 0 Å². The lowest BCUT2D eigenvalue weighted by Gasteiger charge is -2.19. The molecule has 10 heteroatoms. The summed E-state index contributed by atoms with van der Waals surface area (Å²) in [4.78, 5) is 26.2. The van der Waals surface area contributed by atoms with Crippen molar-refractivity contribution in [2.45, 2.75) is 12.7 Å². The predicted octanol–water partition coefficient (Wildman–Crippen LogP) is 3.92. The van der Waals surface area contributed by atoms with Crippen LogP contribution in [0.15, 0.2) is 70.4 Å². The van der Waals surface area contributed by atoms with E-state index in [1.807, 2.05) is 0 Å². The van der Waals surface area contributed by atoms with Crippen molar-refractivity contribution in [2.75, 3.05) is 0 Å². The van der Waals surface area contributed by atoms with Crippen LogP contribution in [0.3, 0.4) is 0 Å². The number of hydrogen-bond acceptors (Lipinski definition) is 3. The minimum Gasteiger partial charge on any atom is -0.273 e. The number of hydrogen-bond donors (Lipinski definition) is 0. The van der Waals surface area contributed by atoms with E-state index in [0.717, 1.165) is 16.7 Å². The zero-order valence-electron chi connectivity index (χ0n) is 15.6. The monoisotopic (exact) mass is 444 g/mol. The van der Waals surface area contributed by atoms with Crippen LogP contribution < -0.4 is 11.2 Å². The molecule has 0 bridgehead atoms. The Bertz CT molecular complexity index is 1490. The number of aromatic nitrogens is 4. The second-order valence-corrected chi connectivity index (χ2v) is 7.41. The van der Waals surface area contributed by atoms with Gasteiger partial charge in [0.2, 0.25) is 0 Å². The molecule has 0 aliphatic carbocycles. The van der Waals surface area contributed by atoms with Crippen LogP contribution in [-0.2, 0) is 12.7 Å². The lowest BCUT2D eigenvalue weighted by atomic mass is 10.1. The van der Waals surface area contributed by atoms with Crippen molar-refractivity contribution in [1.82, 2.24) is 18.9 Å². The van der Waals surface area contributed by atoms with Crippen LogP contribution in [0.2, 0.25) is 5.02 Å². The van der Waals surface area contributed by atoms with E-state index in [-0.39, 0.29) is 23.1 Å². The van der Waals surface area contributed by atoms with Crippen molar-refractivity contribution in [2.24, 2.45) is 0 Å². The van der Waals surface area contributed by atoms with Gasteiger partial charge in [0.05, 0.1) is 23.1 Å². The number of allylic oxidation sites excluding steroid dienone is 1. The van der Waals surface area contributed by atoms with E-state index in [2.05, 4.69) is 5.10 Å². The second-order valence-electron chi connectivity index (χ2n) is 6.97. The Kier molecular flexibility index (Phi) is 4.19. The zero-order chi connectivity index (χ0) is 21.9. The fraction of sp³-hybridized carbons (Fsp3) is 0.0952. The van der Waals surface area contributed by atoms with Gasteiger partial charge in [0.1, 0.15) is 5.39 Å². The summed E-state index contributed by atoms with van der Waals surface area (Å²) in [6, 6.07) is 11.1. The Balaban J connectivity index is 1.71. The van der Waals surface area contributed by atoms with Gasteiger partial charge in [-0.1, -0.05) is 23.7 Å². The van der Waals surface area contributed by atoms with Crippen molar-refractivity contribution in [3.63, 3.8) is 0 Å². The summed E-state index contributed by atoms with van der Waals surface area (Å²) in [5, 5.41) is 4.83. The third-order valence-electron chi connectivity index (χ3n) is 5.12. The Labute approximate surface area is 177 Å². The highest BCUT2D eigenvalue weighted by Gasteiger charge is 2.31. The fourth-order valence-electron chi connectivity index (χ4n) is 3.69. The molecule has 4 aromatic rings. The molecule has 0 saturated carbocycles. The lowest BCUT2D eigenvalue weighted by molar-refractivity contribution is -0.137. The molecule has 0 fully saturated rings. The van der Waals surface area contributed by atoms with Gasteiger partial charge >= 0.3 is 11.9 Å². The molecular weight excluding hydrogens is 433 g/mol. The third kappa shape index (κ3) is 3.00. The Morgan fingerprint density at radius 1 is 1.03 bits per heavy atom. The Morgan fingerprint density at radius 3 is 2.48 bits per heavy atom. The van der Waals surface area contributed by atoms with Crippen LogP contribution in [0.1, 0.15) is 11.1 Å².